The van der Waals surface area contributed by atoms with Gasteiger partial charge in [-0.2, -0.15) is 4.72 Å². The van der Waals surface area contributed by atoms with E-state index in [4.69, 9.17) is 4.74 Å². The summed E-state index contributed by atoms with van der Waals surface area (Å²) in [6, 6.07) is 14.4. The van der Waals surface area contributed by atoms with Crippen molar-refractivity contribution in [2.45, 2.75) is 31.1 Å². The maximum absolute atomic E-state index is 12.3. The minimum Gasteiger partial charge on any atom is -0.481 e. The predicted octanol–water partition coefficient (Wildman–Crippen LogP) is 4.11. The van der Waals surface area contributed by atoms with Gasteiger partial charge in [-0.05, 0) is 41.3 Å². The van der Waals surface area contributed by atoms with Crippen LogP contribution >= 0.6 is 15.9 Å². The fourth-order valence-corrected chi connectivity index (χ4v) is 3.44. The van der Waals surface area contributed by atoms with Gasteiger partial charge < -0.3 is 4.74 Å². The molecule has 0 aliphatic carbocycles. The van der Waals surface area contributed by atoms with Crippen LogP contribution in [0.15, 0.2) is 57.9 Å². The highest BCUT2D eigenvalue weighted by atomic mass is 79.9. The molecule has 0 spiro atoms. The SMILES string of the molecule is CC(C)(C)c1ccc(S(=O)(=O)NCC#CCOc2cccc(Br)c2)cc1. The number of hydrogen-bond donors (Lipinski definition) is 1. The molecule has 0 fully saturated rings. The van der Waals surface area contributed by atoms with Crippen LogP contribution in [0.1, 0.15) is 26.3 Å². The molecule has 0 amide bonds. The minimum atomic E-state index is -3.57. The van der Waals surface area contributed by atoms with E-state index in [9.17, 15) is 8.42 Å². The van der Waals surface area contributed by atoms with Crippen LogP contribution in [0.25, 0.3) is 0 Å². The van der Waals surface area contributed by atoms with Crippen LogP contribution in [-0.4, -0.2) is 21.6 Å². The average molecular weight is 436 g/mol. The Morgan fingerprint density at radius 2 is 1.77 bits per heavy atom. The molecule has 6 heteroatoms. The van der Waals surface area contributed by atoms with E-state index >= 15 is 0 Å². The number of rotatable bonds is 5. The van der Waals surface area contributed by atoms with Gasteiger partial charge in [0.1, 0.15) is 12.4 Å². The molecule has 2 aromatic rings. The van der Waals surface area contributed by atoms with Crippen molar-refractivity contribution in [3.05, 3.63) is 58.6 Å². The summed E-state index contributed by atoms with van der Waals surface area (Å²) in [6.45, 7) is 6.48. The second kappa shape index (κ2) is 8.72. The van der Waals surface area contributed by atoms with Crippen molar-refractivity contribution in [1.82, 2.24) is 4.72 Å². The fraction of sp³-hybridized carbons (Fsp3) is 0.300. The smallest absolute Gasteiger partial charge is 0.241 e. The summed E-state index contributed by atoms with van der Waals surface area (Å²) in [5.41, 5.74) is 1.07. The average Bonchev–Trinajstić information content (AvgIpc) is 2.57. The molecule has 2 aromatic carbocycles. The fourth-order valence-electron chi connectivity index (χ4n) is 2.14. The molecule has 0 aromatic heterocycles. The van der Waals surface area contributed by atoms with E-state index in [1.54, 1.807) is 12.1 Å². The molecular weight excluding hydrogens is 414 g/mol. The first-order valence-electron chi connectivity index (χ1n) is 8.13. The van der Waals surface area contributed by atoms with Crippen LogP contribution in [0.4, 0.5) is 0 Å². The minimum absolute atomic E-state index is 0.0183. The number of benzene rings is 2. The van der Waals surface area contributed by atoms with E-state index in [0.717, 1.165) is 10.0 Å². The van der Waals surface area contributed by atoms with Crippen molar-refractivity contribution < 1.29 is 13.2 Å². The Kier molecular flexibility index (Phi) is 6.87. The van der Waals surface area contributed by atoms with Crippen LogP contribution < -0.4 is 9.46 Å². The van der Waals surface area contributed by atoms with Crippen LogP contribution in [0.2, 0.25) is 0 Å². The molecule has 0 aliphatic rings. The lowest BCUT2D eigenvalue weighted by Crippen LogP contribution is -2.24. The Balaban J connectivity index is 1.87. The van der Waals surface area contributed by atoms with E-state index in [0.29, 0.717) is 5.75 Å². The first-order chi connectivity index (χ1) is 12.2. The molecule has 0 bridgehead atoms. The van der Waals surface area contributed by atoms with E-state index in [-0.39, 0.29) is 23.5 Å². The Hall–Kier alpha value is -1.81. The van der Waals surface area contributed by atoms with Crippen molar-refractivity contribution in [3.63, 3.8) is 0 Å². The van der Waals surface area contributed by atoms with E-state index in [1.165, 1.54) is 0 Å². The topological polar surface area (TPSA) is 55.4 Å². The summed E-state index contributed by atoms with van der Waals surface area (Å²) in [5.74, 6) is 6.25. The lowest BCUT2D eigenvalue weighted by Gasteiger charge is -2.19. The van der Waals surface area contributed by atoms with Gasteiger partial charge in [-0.25, -0.2) is 8.42 Å². The normalized spacial score (nSPS) is 11.5. The molecule has 0 aliphatic heterocycles. The maximum atomic E-state index is 12.3. The third-order valence-electron chi connectivity index (χ3n) is 3.61. The summed E-state index contributed by atoms with van der Waals surface area (Å²) < 4.78 is 33.4. The van der Waals surface area contributed by atoms with Crippen molar-refractivity contribution >= 4 is 26.0 Å². The maximum Gasteiger partial charge on any atom is 0.241 e. The van der Waals surface area contributed by atoms with Gasteiger partial charge in [0.2, 0.25) is 10.0 Å². The zero-order chi connectivity index (χ0) is 19.2. The number of hydrogen-bond acceptors (Lipinski definition) is 3. The highest BCUT2D eigenvalue weighted by Gasteiger charge is 2.16. The van der Waals surface area contributed by atoms with E-state index < -0.39 is 10.0 Å². The molecule has 0 radical (unpaired) electrons. The Morgan fingerprint density at radius 1 is 1.08 bits per heavy atom. The third-order valence-corrected chi connectivity index (χ3v) is 5.52. The van der Waals surface area contributed by atoms with Crippen LogP contribution in [-0.2, 0) is 15.4 Å². The first kappa shape index (κ1) is 20.5. The Bertz CT molecular complexity index is 905. The van der Waals surface area contributed by atoms with Gasteiger partial charge in [0.15, 0.2) is 0 Å². The molecule has 0 atom stereocenters. The third kappa shape index (κ3) is 6.17. The molecule has 138 valence electrons. The largest absolute Gasteiger partial charge is 0.481 e. The lowest BCUT2D eigenvalue weighted by atomic mass is 9.87. The zero-order valence-electron chi connectivity index (χ0n) is 15.0. The molecular formula is C20H22BrNO3S. The van der Waals surface area contributed by atoms with E-state index in [2.05, 4.69) is 53.3 Å². The van der Waals surface area contributed by atoms with Crippen LogP contribution in [0.5, 0.6) is 5.75 Å². The Labute approximate surface area is 164 Å². The first-order valence-corrected chi connectivity index (χ1v) is 10.4. The monoisotopic (exact) mass is 435 g/mol. The summed E-state index contributed by atoms with van der Waals surface area (Å²) in [4.78, 5) is 0.234. The van der Waals surface area contributed by atoms with Gasteiger partial charge in [0.25, 0.3) is 0 Å². The number of sulfonamides is 1. The van der Waals surface area contributed by atoms with Gasteiger partial charge in [-0.15, -0.1) is 0 Å². The van der Waals surface area contributed by atoms with Crippen molar-refractivity contribution in [2.24, 2.45) is 0 Å². The highest BCUT2D eigenvalue weighted by molar-refractivity contribution is 9.10. The van der Waals surface area contributed by atoms with Crippen LogP contribution in [0, 0.1) is 11.8 Å². The summed E-state index contributed by atoms with van der Waals surface area (Å²) >= 11 is 3.36. The van der Waals surface area contributed by atoms with Gasteiger partial charge >= 0.3 is 0 Å². The van der Waals surface area contributed by atoms with Gasteiger partial charge in [0.05, 0.1) is 11.4 Å². The summed E-state index contributed by atoms with van der Waals surface area (Å²) in [7, 11) is -3.57. The van der Waals surface area contributed by atoms with Gasteiger partial charge in [-0.3, -0.25) is 0 Å². The Morgan fingerprint density at radius 3 is 2.38 bits per heavy atom. The molecule has 4 nitrogen and oxygen atoms in total. The summed E-state index contributed by atoms with van der Waals surface area (Å²) in [6.07, 6.45) is 0. The van der Waals surface area contributed by atoms with Gasteiger partial charge in [0, 0.05) is 4.47 Å². The molecule has 1 N–H and O–H groups in total. The van der Waals surface area contributed by atoms with Crippen LogP contribution in [0.3, 0.4) is 0 Å². The molecule has 0 unspecified atom stereocenters. The van der Waals surface area contributed by atoms with E-state index in [1.807, 2.05) is 36.4 Å². The zero-order valence-corrected chi connectivity index (χ0v) is 17.4. The standard InChI is InChI=1S/C20H22BrNO3S/c1-20(2,3)16-9-11-19(12-10-16)26(23,24)22-13-4-5-14-25-18-8-6-7-17(21)15-18/h6-12,15,22H,13-14H2,1-3H3. The molecule has 26 heavy (non-hydrogen) atoms. The van der Waals surface area contributed by atoms with Crippen molar-refractivity contribution in [2.75, 3.05) is 13.2 Å². The highest BCUT2D eigenvalue weighted by Crippen LogP contribution is 2.23. The van der Waals surface area contributed by atoms with Crippen molar-refractivity contribution in [1.29, 1.82) is 0 Å². The number of halogens is 1. The second-order valence-electron chi connectivity index (χ2n) is 6.70. The molecule has 0 saturated heterocycles. The molecule has 0 heterocycles. The predicted molar refractivity (Wildman–Crippen MR) is 108 cm³/mol. The summed E-state index contributed by atoms with van der Waals surface area (Å²) in [5, 5.41) is 0. The quantitative estimate of drug-likeness (QED) is 0.718. The van der Waals surface area contributed by atoms with Gasteiger partial charge in [-0.1, -0.05) is 66.7 Å². The molecule has 0 saturated carbocycles. The number of ether oxygens (including phenoxy) is 1. The van der Waals surface area contributed by atoms with Crippen molar-refractivity contribution in [3.8, 4) is 17.6 Å². The second-order valence-corrected chi connectivity index (χ2v) is 9.38. The number of nitrogens with one attached hydrogen (secondary N) is 1. The lowest BCUT2D eigenvalue weighted by molar-refractivity contribution is 0.370. The molecule has 2 rings (SSSR count).